The van der Waals surface area contributed by atoms with Crippen molar-refractivity contribution in [3.05, 3.63) is 71.3 Å². The second-order valence-corrected chi connectivity index (χ2v) is 10.7. The summed E-state index contributed by atoms with van der Waals surface area (Å²) in [6, 6.07) is 12.5. The molecule has 1 saturated carbocycles. The van der Waals surface area contributed by atoms with E-state index in [1.54, 1.807) is 24.3 Å². The van der Waals surface area contributed by atoms with E-state index in [4.69, 9.17) is 9.73 Å². The Morgan fingerprint density at radius 2 is 1.91 bits per heavy atom. The first-order chi connectivity index (χ1) is 15.2. The average molecular weight is 457 g/mol. The van der Waals surface area contributed by atoms with E-state index in [0.29, 0.717) is 22.0 Å². The third-order valence-electron chi connectivity index (χ3n) is 7.40. The fraction of sp³-hybridized carbons (Fsp3) is 0.440. The first-order valence-corrected chi connectivity index (χ1v) is 11.9. The summed E-state index contributed by atoms with van der Waals surface area (Å²) in [5, 5.41) is 3.32. The Balaban J connectivity index is 1.54. The van der Waals surface area contributed by atoms with E-state index in [1.165, 1.54) is 23.9 Å². The van der Waals surface area contributed by atoms with E-state index in [2.05, 4.69) is 19.2 Å². The number of ether oxygens (including phenoxy) is 1. The maximum atomic E-state index is 15.1. The molecule has 2 aromatic carbocycles. The Morgan fingerprint density at radius 1 is 1.16 bits per heavy atom. The fourth-order valence-corrected chi connectivity index (χ4v) is 6.09. The monoisotopic (exact) mass is 456 g/mol. The van der Waals surface area contributed by atoms with Crippen LogP contribution in [-0.2, 0) is 10.3 Å². The predicted molar refractivity (Wildman–Crippen MR) is 122 cm³/mol. The average Bonchev–Trinajstić information content (AvgIpc) is 3.52. The Labute approximate surface area is 190 Å². The molecule has 32 heavy (non-hydrogen) atoms. The molecule has 2 heterocycles. The van der Waals surface area contributed by atoms with E-state index in [9.17, 15) is 9.18 Å². The molecule has 7 heteroatoms. The van der Waals surface area contributed by atoms with Gasteiger partial charge < -0.3 is 10.1 Å². The van der Waals surface area contributed by atoms with Crippen LogP contribution in [0.5, 0.6) is 0 Å². The van der Waals surface area contributed by atoms with Crippen molar-refractivity contribution in [3.63, 3.8) is 0 Å². The van der Waals surface area contributed by atoms with Crippen molar-refractivity contribution < 1.29 is 18.3 Å². The standard InChI is InChI=1S/C25H26F2N2O2S/c1-23(10-11-23)20-13-24(2)15-32-22(28-21(30)16-6-4-3-5-7-16)29-25(24,14-31-20)18-9-8-17(26)12-19(18)27/h3-9,12,20H,10-11,13-15H2,1-2H3,(H,28,29,30)/t20-,24+,25-/m1/s1. The number of fused-ring (bicyclic) bond motifs is 1. The molecule has 1 amide bonds. The molecule has 2 aromatic rings. The Morgan fingerprint density at radius 3 is 2.59 bits per heavy atom. The fourth-order valence-electron chi connectivity index (χ4n) is 4.89. The number of hydrogen-bond acceptors (Lipinski definition) is 4. The van der Waals surface area contributed by atoms with Crippen LogP contribution in [0.25, 0.3) is 0 Å². The molecule has 0 aromatic heterocycles. The molecule has 0 unspecified atom stereocenters. The predicted octanol–water partition coefficient (Wildman–Crippen LogP) is 5.29. The summed E-state index contributed by atoms with van der Waals surface area (Å²) in [5.74, 6) is -0.889. The minimum atomic E-state index is -1.04. The van der Waals surface area contributed by atoms with Crippen LogP contribution in [-0.4, -0.2) is 29.5 Å². The molecule has 1 N–H and O–H groups in total. The normalized spacial score (nSPS) is 30.8. The van der Waals surface area contributed by atoms with Gasteiger partial charge in [0.15, 0.2) is 5.17 Å². The number of aliphatic imine (C=N–C) groups is 1. The molecule has 1 aliphatic carbocycles. The Hall–Kier alpha value is -2.25. The molecule has 3 atom stereocenters. The maximum Gasteiger partial charge on any atom is 0.257 e. The van der Waals surface area contributed by atoms with E-state index in [0.717, 1.165) is 25.3 Å². The number of halogens is 2. The Kier molecular flexibility index (Phi) is 5.17. The summed E-state index contributed by atoms with van der Waals surface area (Å²) in [5.41, 5.74) is -0.462. The largest absolute Gasteiger partial charge is 0.375 e. The van der Waals surface area contributed by atoms with Crippen LogP contribution >= 0.6 is 11.8 Å². The molecular weight excluding hydrogens is 430 g/mol. The van der Waals surface area contributed by atoms with Crippen molar-refractivity contribution in [1.82, 2.24) is 5.32 Å². The first kappa shape index (κ1) is 21.6. The van der Waals surface area contributed by atoms with Gasteiger partial charge in [-0.1, -0.05) is 49.9 Å². The number of rotatable bonds is 3. The van der Waals surface area contributed by atoms with Crippen molar-refractivity contribution in [2.75, 3.05) is 12.4 Å². The molecule has 168 valence electrons. The number of nitrogens with one attached hydrogen (secondary N) is 1. The lowest BCUT2D eigenvalue weighted by Crippen LogP contribution is -2.58. The van der Waals surface area contributed by atoms with Gasteiger partial charge in [0.2, 0.25) is 0 Å². The topological polar surface area (TPSA) is 50.7 Å². The molecule has 1 saturated heterocycles. The maximum absolute atomic E-state index is 15.1. The van der Waals surface area contributed by atoms with Gasteiger partial charge in [0.05, 0.1) is 12.7 Å². The SMILES string of the molecule is CC1([C@H]2C[C@@]3(C)CSC(NC(=O)c4ccccc4)=N[C@@]3(c3ccc(F)cc3F)CO2)CC1. The van der Waals surface area contributed by atoms with E-state index >= 15 is 4.39 Å². The van der Waals surface area contributed by atoms with E-state index in [1.807, 2.05) is 6.07 Å². The highest BCUT2D eigenvalue weighted by molar-refractivity contribution is 8.14. The first-order valence-electron chi connectivity index (χ1n) is 10.9. The third-order valence-corrected chi connectivity index (χ3v) is 8.65. The van der Waals surface area contributed by atoms with Crippen LogP contribution < -0.4 is 5.32 Å². The van der Waals surface area contributed by atoms with Crippen LogP contribution in [0.2, 0.25) is 0 Å². The second-order valence-electron chi connectivity index (χ2n) is 9.73. The summed E-state index contributed by atoms with van der Waals surface area (Å²) in [7, 11) is 0. The molecule has 0 radical (unpaired) electrons. The lowest BCUT2D eigenvalue weighted by molar-refractivity contribution is -0.120. The summed E-state index contributed by atoms with van der Waals surface area (Å²) >= 11 is 1.47. The summed E-state index contributed by atoms with van der Waals surface area (Å²) in [6.07, 6.45) is 3.07. The van der Waals surface area contributed by atoms with Crippen LogP contribution in [0.15, 0.2) is 53.5 Å². The van der Waals surface area contributed by atoms with Crippen molar-refractivity contribution in [1.29, 1.82) is 0 Å². The van der Waals surface area contributed by atoms with Gasteiger partial charge in [-0.2, -0.15) is 0 Å². The number of amides is 1. The lowest BCUT2D eigenvalue weighted by Gasteiger charge is -2.54. The molecule has 0 bridgehead atoms. The Bertz CT molecular complexity index is 1090. The van der Waals surface area contributed by atoms with Crippen LogP contribution in [0.4, 0.5) is 8.78 Å². The van der Waals surface area contributed by atoms with Crippen LogP contribution in [0.1, 0.15) is 49.0 Å². The second kappa shape index (κ2) is 7.66. The van der Waals surface area contributed by atoms with E-state index < -0.39 is 22.6 Å². The number of thioether (sulfide) groups is 1. The lowest BCUT2D eigenvalue weighted by atomic mass is 9.63. The minimum Gasteiger partial charge on any atom is -0.375 e. The quantitative estimate of drug-likeness (QED) is 0.683. The molecular formula is C25H26F2N2O2S. The number of amidine groups is 1. The highest BCUT2D eigenvalue weighted by Crippen LogP contribution is 2.60. The molecule has 2 fully saturated rings. The number of nitrogens with zero attached hydrogens (tertiary/aromatic N) is 1. The van der Waals surface area contributed by atoms with Gasteiger partial charge in [-0.25, -0.2) is 13.8 Å². The molecule has 2 aliphatic heterocycles. The number of benzene rings is 2. The third kappa shape index (κ3) is 3.55. The summed E-state index contributed by atoms with van der Waals surface area (Å²) < 4.78 is 35.2. The zero-order chi connectivity index (χ0) is 22.6. The molecule has 0 spiro atoms. The molecule has 4 nitrogen and oxygen atoms in total. The highest BCUT2D eigenvalue weighted by atomic mass is 32.2. The summed E-state index contributed by atoms with van der Waals surface area (Å²) in [6.45, 7) is 4.54. The van der Waals surface area contributed by atoms with Gasteiger partial charge in [0.1, 0.15) is 17.2 Å². The zero-order valence-corrected chi connectivity index (χ0v) is 19.0. The molecule has 5 rings (SSSR count). The van der Waals surface area contributed by atoms with Gasteiger partial charge in [-0.15, -0.1) is 0 Å². The van der Waals surface area contributed by atoms with Crippen LogP contribution in [0.3, 0.4) is 0 Å². The van der Waals surface area contributed by atoms with Crippen molar-refractivity contribution >= 4 is 22.8 Å². The van der Waals surface area contributed by atoms with E-state index in [-0.39, 0.29) is 24.0 Å². The van der Waals surface area contributed by atoms with Gasteiger partial charge in [0, 0.05) is 28.4 Å². The van der Waals surface area contributed by atoms with Gasteiger partial charge in [-0.3, -0.25) is 4.79 Å². The van der Waals surface area contributed by atoms with Gasteiger partial charge >= 0.3 is 0 Å². The van der Waals surface area contributed by atoms with Crippen molar-refractivity contribution in [3.8, 4) is 0 Å². The van der Waals surface area contributed by atoms with Gasteiger partial charge in [0.25, 0.3) is 5.91 Å². The number of carbonyl (C=O) groups excluding carboxylic acids is 1. The zero-order valence-electron chi connectivity index (χ0n) is 18.2. The summed E-state index contributed by atoms with van der Waals surface area (Å²) in [4.78, 5) is 17.7. The number of hydrogen-bond donors (Lipinski definition) is 1. The smallest absolute Gasteiger partial charge is 0.257 e. The van der Waals surface area contributed by atoms with Gasteiger partial charge in [-0.05, 0) is 42.9 Å². The van der Waals surface area contributed by atoms with Crippen molar-refractivity contribution in [2.24, 2.45) is 15.8 Å². The highest BCUT2D eigenvalue weighted by Gasteiger charge is 2.61. The van der Waals surface area contributed by atoms with Crippen LogP contribution in [0, 0.1) is 22.5 Å². The minimum absolute atomic E-state index is 0.0837. The van der Waals surface area contributed by atoms with Crippen molar-refractivity contribution in [2.45, 2.75) is 44.8 Å². The molecule has 3 aliphatic rings. The number of carbonyl (C=O) groups is 1.